The Bertz CT molecular complexity index is 237. The molecular weight excluding hydrogens is 148 g/mol. The number of aliphatic hydroxyl groups excluding tert-OH is 1. The molecule has 0 saturated heterocycles. The zero-order chi connectivity index (χ0) is 8.55. The first-order chi connectivity index (χ1) is 5.77. The van der Waals surface area contributed by atoms with Gasteiger partial charge in [-0.15, -0.1) is 0 Å². The van der Waals surface area contributed by atoms with E-state index in [4.69, 9.17) is 0 Å². The molecule has 2 unspecified atom stereocenters. The lowest BCUT2D eigenvalue weighted by Gasteiger charge is -2.31. The van der Waals surface area contributed by atoms with Crippen LogP contribution in [-0.2, 0) is 0 Å². The summed E-state index contributed by atoms with van der Waals surface area (Å²) in [5.41, 5.74) is 2.61. The molecular formula is C11H16O. The van der Waals surface area contributed by atoms with Crippen LogP contribution < -0.4 is 0 Å². The molecule has 1 N–H and O–H groups in total. The molecule has 1 saturated carbocycles. The van der Waals surface area contributed by atoms with Crippen molar-refractivity contribution in [1.29, 1.82) is 0 Å². The van der Waals surface area contributed by atoms with Crippen LogP contribution in [0.25, 0.3) is 0 Å². The Labute approximate surface area is 73.8 Å². The number of aliphatic hydroxyl groups is 1. The maximum Gasteiger partial charge on any atom is 0.0756 e. The molecule has 0 spiro atoms. The lowest BCUT2D eigenvalue weighted by Crippen LogP contribution is -2.24. The van der Waals surface area contributed by atoms with E-state index in [0.29, 0.717) is 5.92 Å². The summed E-state index contributed by atoms with van der Waals surface area (Å²) in [6, 6.07) is 0. The SMILES string of the molecule is CC1=CCC2CCCC(O)C2=C1. The van der Waals surface area contributed by atoms with E-state index >= 15 is 0 Å². The van der Waals surface area contributed by atoms with Gasteiger partial charge in [0.05, 0.1) is 6.10 Å². The van der Waals surface area contributed by atoms with Gasteiger partial charge in [0.1, 0.15) is 0 Å². The lowest BCUT2D eigenvalue weighted by atomic mass is 9.77. The van der Waals surface area contributed by atoms with Crippen LogP contribution in [0.4, 0.5) is 0 Å². The van der Waals surface area contributed by atoms with Crippen LogP contribution in [0.3, 0.4) is 0 Å². The third-order valence-electron chi connectivity index (χ3n) is 3.01. The van der Waals surface area contributed by atoms with Crippen LogP contribution in [0.5, 0.6) is 0 Å². The van der Waals surface area contributed by atoms with Crippen LogP contribution in [0.2, 0.25) is 0 Å². The van der Waals surface area contributed by atoms with Gasteiger partial charge in [-0.2, -0.15) is 0 Å². The minimum atomic E-state index is -0.146. The number of hydrogen-bond acceptors (Lipinski definition) is 1. The molecule has 0 aromatic heterocycles. The smallest absolute Gasteiger partial charge is 0.0756 e. The zero-order valence-corrected chi connectivity index (χ0v) is 7.59. The normalized spacial score (nSPS) is 35.2. The first-order valence-electron chi connectivity index (χ1n) is 4.83. The molecule has 66 valence electrons. The first kappa shape index (κ1) is 8.06. The van der Waals surface area contributed by atoms with Gasteiger partial charge in [0.2, 0.25) is 0 Å². The molecule has 2 rings (SSSR count). The van der Waals surface area contributed by atoms with Crippen molar-refractivity contribution in [3.8, 4) is 0 Å². The van der Waals surface area contributed by atoms with Gasteiger partial charge in [0, 0.05) is 0 Å². The zero-order valence-electron chi connectivity index (χ0n) is 7.59. The van der Waals surface area contributed by atoms with Crippen molar-refractivity contribution in [3.63, 3.8) is 0 Å². The predicted molar refractivity (Wildman–Crippen MR) is 49.8 cm³/mol. The van der Waals surface area contributed by atoms with Gasteiger partial charge in [-0.05, 0) is 44.1 Å². The fraction of sp³-hybridized carbons (Fsp3) is 0.636. The molecule has 0 radical (unpaired) electrons. The third-order valence-corrected chi connectivity index (χ3v) is 3.01. The Kier molecular flexibility index (Phi) is 2.05. The van der Waals surface area contributed by atoms with Gasteiger partial charge in [-0.25, -0.2) is 0 Å². The molecule has 1 fully saturated rings. The number of hydrogen-bond donors (Lipinski definition) is 1. The summed E-state index contributed by atoms with van der Waals surface area (Å²) >= 11 is 0. The molecule has 0 aromatic rings. The summed E-state index contributed by atoms with van der Waals surface area (Å²) < 4.78 is 0. The predicted octanol–water partition coefficient (Wildman–Crippen LogP) is 2.42. The summed E-state index contributed by atoms with van der Waals surface area (Å²) in [6.07, 6.45) is 8.89. The fourth-order valence-corrected chi connectivity index (χ4v) is 2.28. The number of rotatable bonds is 0. The van der Waals surface area contributed by atoms with Crippen LogP contribution in [-0.4, -0.2) is 11.2 Å². The van der Waals surface area contributed by atoms with Crippen molar-refractivity contribution in [2.75, 3.05) is 0 Å². The van der Waals surface area contributed by atoms with E-state index in [-0.39, 0.29) is 6.10 Å². The van der Waals surface area contributed by atoms with Gasteiger partial charge >= 0.3 is 0 Å². The highest BCUT2D eigenvalue weighted by atomic mass is 16.3. The topological polar surface area (TPSA) is 20.2 Å². The van der Waals surface area contributed by atoms with Crippen molar-refractivity contribution < 1.29 is 5.11 Å². The lowest BCUT2D eigenvalue weighted by molar-refractivity contribution is 0.159. The van der Waals surface area contributed by atoms with Gasteiger partial charge in [-0.3, -0.25) is 0 Å². The molecule has 0 amide bonds. The number of allylic oxidation sites excluding steroid dienone is 3. The highest BCUT2D eigenvalue weighted by molar-refractivity contribution is 5.31. The number of fused-ring (bicyclic) bond motifs is 1. The van der Waals surface area contributed by atoms with Gasteiger partial charge < -0.3 is 5.11 Å². The van der Waals surface area contributed by atoms with Crippen molar-refractivity contribution in [1.82, 2.24) is 0 Å². The maximum absolute atomic E-state index is 9.73. The van der Waals surface area contributed by atoms with E-state index in [9.17, 15) is 5.11 Å². The third kappa shape index (κ3) is 1.34. The highest BCUT2D eigenvalue weighted by Gasteiger charge is 2.26. The van der Waals surface area contributed by atoms with Crippen molar-refractivity contribution in [2.45, 2.75) is 38.7 Å². The molecule has 0 aliphatic heterocycles. The van der Waals surface area contributed by atoms with Crippen LogP contribution in [0.15, 0.2) is 23.3 Å². The van der Waals surface area contributed by atoms with Crippen molar-refractivity contribution in [3.05, 3.63) is 23.3 Å². The molecule has 0 aromatic carbocycles. The highest BCUT2D eigenvalue weighted by Crippen LogP contribution is 2.35. The quantitative estimate of drug-likeness (QED) is 0.583. The second kappa shape index (κ2) is 3.06. The molecule has 2 atom stereocenters. The molecule has 2 aliphatic rings. The average Bonchev–Trinajstić information content (AvgIpc) is 2.07. The fourth-order valence-electron chi connectivity index (χ4n) is 2.28. The van der Waals surface area contributed by atoms with Crippen LogP contribution in [0.1, 0.15) is 32.6 Å². The van der Waals surface area contributed by atoms with Gasteiger partial charge in [0.15, 0.2) is 0 Å². The summed E-state index contributed by atoms with van der Waals surface area (Å²) in [5, 5.41) is 9.73. The molecule has 12 heavy (non-hydrogen) atoms. The Morgan fingerprint density at radius 2 is 2.25 bits per heavy atom. The molecule has 1 heteroatoms. The summed E-state index contributed by atoms with van der Waals surface area (Å²) in [4.78, 5) is 0. The van der Waals surface area contributed by atoms with Crippen LogP contribution >= 0.6 is 0 Å². The van der Waals surface area contributed by atoms with E-state index in [1.54, 1.807) is 0 Å². The van der Waals surface area contributed by atoms with E-state index in [0.717, 1.165) is 12.8 Å². The Hall–Kier alpha value is -0.560. The van der Waals surface area contributed by atoms with Crippen molar-refractivity contribution >= 4 is 0 Å². The second-order valence-electron chi connectivity index (χ2n) is 3.97. The minimum Gasteiger partial charge on any atom is -0.389 e. The summed E-state index contributed by atoms with van der Waals surface area (Å²) in [6.45, 7) is 2.12. The Morgan fingerprint density at radius 3 is 3.08 bits per heavy atom. The summed E-state index contributed by atoms with van der Waals surface area (Å²) in [7, 11) is 0. The minimum absolute atomic E-state index is 0.146. The Morgan fingerprint density at radius 1 is 1.42 bits per heavy atom. The van der Waals surface area contributed by atoms with E-state index in [1.807, 2.05) is 0 Å². The summed E-state index contributed by atoms with van der Waals surface area (Å²) in [5.74, 6) is 0.650. The van der Waals surface area contributed by atoms with E-state index in [2.05, 4.69) is 19.1 Å². The Balaban J connectivity index is 2.23. The first-order valence-corrected chi connectivity index (χ1v) is 4.83. The largest absolute Gasteiger partial charge is 0.389 e. The van der Waals surface area contributed by atoms with Crippen molar-refractivity contribution in [2.24, 2.45) is 5.92 Å². The van der Waals surface area contributed by atoms with Crippen LogP contribution in [0, 0.1) is 5.92 Å². The molecule has 0 bridgehead atoms. The second-order valence-corrected chi connectivity index (χ2v) is 3.97. The standard InChI is InChI=1S/C11H16O/c1-8-5-6-9-3-2-4-11(12)10(9)7-8/h5,7,9,11-12H,2-4,6H2,1H3. The van der Waals surface area contributed by atoms with E-state index < -0.39 is 0 Å². The molecule has 1 nitrogen and oxygen atoms in total. The van der Waals surface area contributed by atoms with Gasteiger partial charge in [0.25, 0.3) is 0 Å². The van der Waals surface area contributed by atoms with E-state index in [1.165, 1.54) is 24.0 Å². The van der Waals surface area contributed by atoms with Gasteiger partial charge in [-0.1, -0.05) is 17.7 Å². The monoisotopic (exact) mass is 164 g/mol. The molecule has 2 aliphatic carbocycles. The molecule has 0 heterocycles. The average molecular weight is 164 g/mol. The maximum atomic E-state index is 9.73.